The average Bonchev–Trinajstić information content (AvgIpc) is 3.35. The Bertz CT molecular complexity index is 1960. The summed E-state index contributed by atoms with van der Waals surface area (Å²) in [4.78, 5) is 20.1. The second-order valence-corrected chi connectivity index (χ2v) is 10.5. The minimum absolute atomic E-state index is 0.00600. The first-order valence-electron chi connectivity index (χ1n) is 12.4. The van der Waals surface area contributed by atoms with Crippen LogP contribution in [-0.2, 0) is 10.0 Å². The summed E-state index contributed by atoms with van der Waals surface area (Å²) in [6.07, 6.45) is 4.41. The maximum Gasteiger partial charge on any atom is 0.264 e. The van der Waals surface area contributed by atoms with Gasteiger partial charge in [-0.2, -0.15) is 0 Å². The van der Waals surface area contributed by atoms with E-state index in [2.05, 4.69) is 40.3 Å². The number of rotatable bonds is 9. The van der Waals surface area contributed by atoms with Gasteiger partial charge in [-0.25, -0.2) is 33.1 Å². The van der Waals surface area contributed by atoms with E-state index in [1.54, 1.807) is 32.4 Å². The molecule has 0 saturated carbocycles. The predicted octanol–water partition coefficient (Wildman–Crippen LogP) is 5.21. The third-order valence-corrected chi connectivity index (χ3v) is 7.61. The van der Waals surface area contributed by atoms with Crippen LogP contribution in [0.15, 0.2) is 90.3 Å². The number of ether oxygens (including phenoxy) is 2. The standard InChI is InChI=1S/C28H24N8O4S/c1-39-23-14-21-22(15-24(23)40-2)35-27-25(21)26(31-16-32-27)34-19-6-3-5-18(13-19)33-17-7-9-20(10-8-17)41(37,38)36-28-29-11-4-12-30-28/h3-16,33H,1-2H3,(H,29,30,36)(H2,31,32,34,35). The van der Waals surface area contributed by atoms with Crippen LogP contribution < -0.4 is 24.8 Å². The smallest absolute Gasteiger partial charge is 0.264 e. The molecule has 0 aliphatic heterocycles. The number of nitrogens with zero attached hydrogens (tertiary/aromatic N) is 4. The van der Waals surface area contributed by atoms with Crippen LogP contribution in [0.25, 0.3) is 21.9 Å². The minimum Gasteiger partial charge on any atom is -0.493 e. The van der Waals surface area contributed by atoms with Crippen molar-refractivity contribution in [3.63, 3.8) is 0 Å². The molecule has 0 amide bonds. The largest absolute Gasteiger partial charge is 0.493 e. The number of aromatic nitrogens is 5. The van der Waals surface area contributed by atoms with Crippen LogP contribution in [0, 0.1) is 0 Å². The second kappa shape index (κ2) is 10.6. The average molecular weight is 569 g/mol. The van der Waals surface area contributed by atoms with E-state index in [9.17, 15) is 8.42 Å². The van der Waals surface area contributed by atoms with Gasteiger partial charge in [0.25, 0.3) is 10.0 Å². The van der Waals surface area contributed by atoms with Crippen LogP contribution in [0.2, 0.25) is 0 Å². The molecule has 3 heterocycles. The number of hydrogen-bond donors (Lipinski definition) is 4. The summed E-state index contributed by atoms with van der Waals surface area (Å²) in [5.74, 6) is 1.84. The number of aromatic amines is 1. The summed E-state index contributed by atoms with van der Waals surface area (Å²) in [7, 11) is -0.639. The maximum atomic E-state index is 12.7. The molecule has 13 heteroatoms. The molecule has 41 heavy (non-hydrogen) atoms. The molecule has 0 saturated heterocycles. The number of benzene rings is 3. The fourth-order valence-corrected chi connectivity index (χ4v) is 5.33. The van der Waals surface area contributed by atoms with Gasteiger partial charge in [0.2, 0.25) is 5.95 Å². The van der Waals surface area contributed by atoms with Crippen LogP contribution in [-0.4, -0.2) is 47.6 Å². The number of nitrogens with one attached hydrogen (secondary N) is 4. The van der Waals surface area contributed by atoms with Crippen LogP contribution >= 0.6 is 0 Å². The van der Waals surface area contributed by atoms with Crippen molar-refractivity contribution in [2.24, 2.45) is 0 Å². The van der Waals surface area contributed by atoms with Gasteiger partial charge in [0.15, 0.2) is 11.5 Å². The summed E-state index contributed by atoms with van der Waals surface area (Å²) in [6.45, 7) is 0. The van der Waals surface area contributed by atoms with Crippen molar-refractivity contribution in [1.29, 1.82) is 0 Å². The van der Waals surface area contributed by atoms with E-state index < -0.39 is 10.0 Å². The first-order chi connectivity index (χ1) is 19.9. The van der Waals surface area contributed by atoms with Crippen molar-refractivity contribution in [1.82, 2.24) is 24.9 Å². The van der Waals surface area contributed by atoms with E-state index in [0.717, 1.165) is 27.7 Å². The zero-order valence-electron chi connectivity index (χ0n) is 21.9. The van der Waals surface area contributed by atoms with Gasteiger partial charge >= 0.3 is 0 Å². The Morgan fingerprint density at radius 2 is 1.46 bits per heavy atom. The predicted molar refractivity (Wildman–Crippen MR) is 157 cm³/mol. The molecule has 4 N–H and O–H groups in total. The molecule has 0 radical (unpaired) electrons. The number of hydrogen-bond acceptors (Lipinski definition) is 10. The molecule has 0 fully saturated rings. The lowest BCUT2D eigenvalue weighted by Gasteiger charge is -2.12. The fraction of sp³-hybridized carbons (Fsp3) is 0.0714. The van der Waals surface area contributed by atoms with Crippen molar-refractivity contribution < 1.29 is 17.9 Å². The molecule has 206 valence electrons. The number of anilines is 5. The Hall–Kier alpha value is -5.43. The van der Waals surface area contributed by atoms with Gasteiger partial charge < -0.3 is 25.1 Å². The first kappa shape index (κ1) is 25.8. The summed E-state index contributed by atoms with van der Waals surface area (Å²) < 4.78 is 38.6. The summed E-state index contributed by atoms with van der Waals surface area (Å²) >= 11 is 0. The van der Waals surface area contributed by atoms with Gasteiger partial charge in [-0.15, -0.1) is 0 Å². The van der Waals surface area contributed by atoms with E-state index in [0.29, 0.717) is 28.7 Å². The molecule has 0 unspecified atom stereocenters. The second-order valence-electron chi connectivity index (χ2n) is 8.86. The van der Waals surface area contributed by atoms with Gasteiger partial charge in [0.1, 0.15) is 17.8 Å². The minimum atomic E-state index is -3.82. The van der Waals surface area contributed by atoms with Gasteiger partial charge in [0, 0.05) is 40.9 Å². The lowest BCUT2D eigenvalue weighted by Crippen LogP contribution is -2.14. The van der Waals surface area contributed by atoms with E-state index in [4.69, 9.17) is 9.47 Å². The highest BCUT2D eigenvalue weighted by molar-refractivity contribution is 7.92. The zero-order chi connectivity index (χ0) is 28.4. The molecule has 0 aliphatic rings. The molecule has 0 spiro atoms. The monoisotopic (exact) mass is 568 g/mol. The summed E-state index contributed by atoms with van der Waals surface area (Å²) in [5, 5.41) is 8.39. The molecule has 12 nitrogen and oxygen atoms in total. The van der Waals surface area contributed by atoms with Crippen molar-refractivity contribution in [2.75, 3.05) is 29.6 Å². The van der Waals surface area contributed by atoms with E-state index in [1.165, 1.54) is 30.9 Å². The molecule has 3 aromatic heterocycles. The third kappa shape index (κ3) is 5.25. The van der Waals surface area contributed by atoms with E-state index in [1.807, 2.05) is 36.4 Å². The zero-order valence-corrected chi connectivity index (χ0v) is 22.7. The quantitative estimate of drug-likeness (QED) is 0.183. The molecule has 0 aliphatic carbocycles. The highest BCUT2D eigenvalue weighted by Gasteiger charge is 2.17. The maximum absolute atomic E-state index is 12.7. The van der Waals surface area contributed by atoms with Crippen molar-refractivity contribution in [3.8, 4) is 11.5 Å². The molecular weight excluding hydrogens is 544 g/mol. The van der Waals surface area contributed by atoms with Crippen LogP contribution in [0.4, 0.5) is 28.8 Å². The van der Waals surface area contributed by atoms with Crippen molar-refractivity contribution in [3.05, 3.63) is 85.5 Å². The Morgan fingerprint density at radius 3 is 2.20 bits per heavy atom. The summed E-state index contributed by atoms with van der Waals surface area (Å²) in [5.41, 5.74) is 3.80. The number of fused-ring (bicyclic) bond motifs is 3. The highest BCUT2D eigenvalue weighted by Crippen LogP contribution is 2.38. The molecule has 6 rings (SSSR count). The fourth-order valence-electron chi connectivity index (χ4n) is 4.37. The Morgan fingerprint density at radius 1 is 0.756 bits per heavy atom. The number of sulfonamides is 1. The summed E-state index contributed by atoms with van der Waals surface area (Å²) in [6, 6.07) is 19.4. The van der Waals surface area contributed by atoms with Crippen LogP contribution in [0.1, 0.15) is 0 Å². The van der Waals surface area contributed by atoms with Gasteiger partial charge in [-0.1, -0.05) is 6.07 Å². The van der Waals surface area contributed by atoms with E-state index >= 15 is 0 Å². The molecule has 6 aromatic rings. The van der Waals surface area contributed by atoms with Crippen molar-refractivity contribution >= 4 is 60.8 Å². The molecule has 3 aromatic carbocycles. The molecule has 0 atom stereocenters. The number of H-pyrrole nitrogens is 1. The van der Waals surface area contributed by atoms with Gasteiger partial charge in [0.05, 0.1) is 30.0 Å². The first-order valence-corrected chi connectivity index (χ1v) is 13.8. The Labute approximate surface area is 234 Å². The Kier molecular flexibility index (Phi) is 6.69. The van der Waals surface area contributed by atoms with Crippen LogP contribution in [0.5, 0.6) is 11.5 Å². The third-order valence-electron chi connectivity index (χ3n) is 6.26. The van der Waals surface area contributed by atoms with Gasteiger partial charge in [-0.3, -0.25) is 0 Å². The topological polar surface area (TPSA) is 156 Å². The lowest BCUT2D eigenvalue weighted by atomic mass is 10.1. The SMILES string of the molecule is COc1cc2[nH]c3ncnc(Nc4cccc(Nc5ccc(S(=O)(=O)Nc6ncccn6)cc5)c4)c3c2cc1OC. The van der Waals surface area contributed by atoms with E-state index in [-0.39, 0.29) is 10.8 Å². The normalized spacial score (nSPS) is 11.4. The Balaban J connectivity index is 1.23. The molecular formula is C28H24N8O4S. The van der Waals surface area contributed by atoms with Crippen molar-refractivity contribution in [2.45, 2.75) is 4.90 Å². The highest BCUT2D eigenvalue weighted by atomic mass is 32.2. The lowest BCUT2D eigenvalue weighted by molar-refractivity contribution is 0.356. The molecule has 0 bridgehead atoms. The number of methoxy groups -OCH3 is 2. The van der Waals surface area contributed by atoms with Gasteiger partial charge in [-0.05, 0) is 54.6 Å². The van der Waals surface area contributed by atoms with Crippen LogP contribution in [0.3, 0.4) is 0 Å².